The summed E-state index contributed by atoms with van der Waals surface area (Å²) in [6, 6.07) is 17.2. The number of carbonyl (C=O) groups is 1. The summed E-state index contributed by atoms with van der Waals surface area (Å²) in [6.45, 7) is 0. The fraction of sp³-hybridized carbons (Fsp3) is 0.0909. The van der Waals surface area contributed by atoms with Crippen molar-refractivity contribution >= 4 is 40.1 Å². The van der Waals surface area contributed by atoms with Crippen molar-refractivity contribution in [3.63, 3.8) is 0 Å². The molecule has 0 spiro atoms. The standard InChI is InChI=1S/C22H19N5OS/c1-23-19-11-15(8-10-24-19)14-29-22-18(7-4-9-25-22)21(28)27-20-12-16-5-2-3-6-17(16)13-26-20/h2-13H,14H2,1H3,(H,23,24)(H,26,27,28). The third-order valence-electron chi connectivity index (χ3n) is 4.34. The Hall–Kier alpha value is -3.45. The molecule has 29 heavy (non-hydrogen) atoms. The molecule has 0 radical (unpaired) electrons. The summed E-state index contributed by atoms with van der Waals surface area (Å²) in [5.41, 5.74) is 1.62. The maximum Gasteiger partial charge on any atom is 0.259 e. The van der Waals surface area contributed by atoms with E-state index < -0.39 is 0 Å². The van der Waals surface area contributed by atoms with Crippen molar-refractivity contribution in [2.75, 3.05) is 17.7 Å². The van der Waals surface area contributed by atoms with Crippen LogP contribution in [0.25, 0.3) is 10.8 Å². The molecule has 0 aliphatic heterocycles. The number of aromatic nitrogens is 3. The van der Waals surface area contributed by atoms with Crippen LogP contribution in [-0.4, -0.2) is 27.9 Å². The van der Waals surface area contributed by atoms with E-state index in [-0.39, 0.29) is 5.91 Å². The molecule has 0 saturated carbocycles. The Balaban J connectivity index is 1.51. The minimum Gasteiger partial charge on any atom is -0.373 e. The van der Waals surface area contributed by atoms with Crippen LogP contribution < -0.4 is 10.6 Å². The van der Waals surface area contributed by atoms with Gasteiger partial charge in [0, 0.05) is 36.8 Å². The molecule has 0 fully saturated rings. The van der Waals surface area contributed by atoms with Gasteiger partial charge in [-0.1, -0.05) is 24.3 Å². The van der Waals surface area contributed by atoms with Gasteiger partial charge in [-0.2, -0.15) is 0 Å². The van der Waals surface area contributed by atoms with Crippen molar-refractivity contribution in [3.05, 3.63) is 84.3 Å². The van der Waals surface area contributed by atoms with Crippen molar-refractivity contribution in [3.8, 4) is 0 Å². The maximum atomic E-state index is 12.9. The third-order valence-corrected chi connectivity index (χ3v) is 5.42. The molecule has 3 aromatic heterocycles. The van der Waals surface area contributed by atoms with E-state index in [0.29, 0.717) is 22.2 Å². The van der Waals surface area contributed by atoms with Gasteiger partial charge in [0.15, 0.2) is 0 Å². The van der Waals surface area contributed by atoms with Crippen LogP contribution in [-0.2, 0) is 5.75 Å². The van der Waals surface area contributed by atoms with Gasteiger partial charge in [-0.05, 0) is 41.3 Å². The van der Waals surface area contributed by atoms with Gasteiger partial charge in [-0.3, -0.25) is 4.79 Å². The monoisotopic (exact) mass is 401 g/mol. The summed E-state index contributed by atoms with van der Waals surface area (Å²) in [4.78, 5) is 25.8. The molecule has 3 heterocycles. The summed E-state index contributed by atoms with van der Waals surface area (Å²) < 4.78 is 0. The van der Waals surface area contributed by atoms with Crippen LogP contribution in [0.3, 0.4) is 0 Å². The molecule has 0 saturated heterocycles. The molecular formula is C22H19N5OS. The number of rotatable bonds is 6. The van der Waals surface area contributed by atoms with E-state index in [0.717, 1.165) is 22.2 Å². The maximum absolute atomic E-state index is 12.9. The van der Waals surface area contributed by atoms with Gasteiger partial charge in [0.2, 0.25) is 0 Å². The highest BCUT2D eigenvalue weighted by Gasteiger charge is 2.14. The number of nitrogens with one attached hydrogen (secondary N) is 2. The van der Waals surface area contributed by atoms with Crippen molar-refractivity contribution < 1.29 is 4.79 Å². The highest BCUT2D eigenvalue weighted by Crippen LogP contribution is 2.25. The second kappa shape index (κ2) is 8.70. The first-order valence-corrected chi connectivity index (χ1v) is 10.1. The number of hydrogen-bond acceptors (Lipinski definition) is 6. The lowest BCUT2D eigenvalue weighted by molar-refractivity contribution is 0.102. The van der Waals surface area contributed by atoms with Crippen molar-refractivity contribution in [2.45, 2.75) is 10.8 Å². The van der Waals surface area contributed by atoms with E-state index in [2.05, 4.69) is 25.6 Å². The Morgan fingerprint density at radius 3 is 2.66 bits per heavy atom. The topological polar surface area (TPSA) is 79.8 Å². The lowest BCUT2D eigenvalue weighted by Crippen LogP contribution is -2.14. The van der Waals surface area contributed by atoms with E-state index in [4.69, 9.17) is 0 Å². The van der Waals surface area contributed by atoms with E-state index >= 15 is 0 Å². The minimum atomic E-state index is -0.228. The Kier molecular flexibility index (Phi) is 5.67. The second-order valence-electron chi connectivity index (χ2n) is 6.31. The average molecular weight is 401 g/mol. The largest absolute Gasteiger partial charge is 0.373 e. The van der Waals surface area contributed by atoms with E-state index in [1.165, 1.54) is 11.8 Å². The zero-order valence-electron chi connectivity index (χ0n) is 15.8. The molecule has 0 aliphatic rings. The molecule has 144 valence electrons. The van der Waals surface area contributed by atoms with Gasteiger partial charge >= 0.3 is 0 Å². The summed E-state index contributed by atoms with van der Waals surface area (Å²) >= 11 is 1.51. The first-order valence-electron chi connectivity index (χ1n) is 9.09. The number of benzene rings is 1. The molecule has 7 heteroatoms. The molecule has 1 aromatic carbocycles. The predicted octanol–water partition coefficient (Wildman–Crippen LogP) is 4.61. The number of carbonyl (C=O) groups excluding carboxylic acids is 1. The number of hydrogen-bond donors (Lipinski definition) is 2. The van der Waals surface area contributed by atoms with Crippen LogP contribution in [0.1, 0.15) is 15.9 Å². The number of pyridine rings is 3. The zero-order chi connectivity index (χ0) is 20.1. The highest BCUT2D eigenvalue weighted by molar-refractivity contribution is 7.98. The second-order valence-corrected chi connectivity index (χ2v) is 7.28. The van der Waals surface area contributed by atoms with Crippen molar-refractivity contribution in [1.82, 2.24) is 15.0 Å². The normalized spacial score (nSPS) is 10.7. The molecule has 0 aliphatic carbocycles. The first-order chi connectivity index (χ1) is 14.2. The Bertz CT molecular complexity index is 1160. The van der Waals surface area contributed by atoms with Crippen LogP contribution in [0.15, 0.2) is 78.2 Å². The first kappa shape index (κ1) is 18.9. The van der Waals surface area contributed by atoms with Gasteiger partial charge < -0.3 is 10.6 Å². The number of thioether (sulfide) groups is 1. The van der Waals surface area contributed by atoms with Gasteiger partial charge in [0.1, 0.15) is 16.7 Å². The summed E-state index contributed by atoms with van der Waals surface area (Å²) in [5, 5.41) is 8.64. The number of nitrogens with zero attached hydrogens (tertiary/aromatic N) is 3. The van der Waals surface area contributed by atoms with Crippen LogP contribution >= 0.6 is 11.8 Å². The smallest absolute Gasteiger partial charge is 0.259 e. The lowest BCUT2D eigenvalue weighted by atomic mass is 10.2. The third kappa shape index (κ3) is 4.52. The molecule has 4 aromatic rings. The van der Waals surface area contributed by atoms with Crippen molar-refractivity contribution in [1.29, 1.82) is 0 Å². The minimum absolute atomic E-state index is 0.228. The summed E-state index contributed by atoms with van der Waals surface area (Å²) in [6.07, 6.45) is 5.21. The highest BCUT2D eigenvalue weighted by atomic mass is 32.2. The van der Waals surface area contributed by atoms with Crippen LogP contribution in [0.4, 0.5) is 11.6 Å². The molecule has 1 amide bonds. The Morgan fingerprint density at radius 2 is 1.79 bits per heavy atom. The van der Waals surface area contributed by atoms with Gasteiger partial charge in [-0.15, -0.1) is 11.8 Å². The molecule has 2 N–H and O–H groups in total. The van der Waals surface area contributed by atoms with Gasteiger partial charge in [0.05, 0.1) is 5.56 Å². The fourth-order valence-electron chi connectivity index (χ4n) is 2.87. The van der Waals surface area contributed by atoms with E-state index in [1.54, 1.807) is 30.7 Å². The molecule has 0 unspecified atom stereocenters. The SMILES string of the molecule is CNc1cc(CSc2ncccc2C(=O)Nc2cc3ccccc3cn2)ccn1. The van der Waals surface area contributed by atoms with E-state index in [9.17, 15) is 4.79 Å². The van der Waals surface area contributed by atoms with Crippen LogP contribution in [0.5, 0.6) is 0 Å². The number of amides is 1. The van der Waals surface area contributed by atoms with Gasteiger partial charge in [-0.25, -0.2) is 15.0 Å². The van der Waals surface area contributed by atoms with Crippen molar-refractivity contribution in [2.24, 2.45) is 0 Å². The molecular weight excluding hydrogens is 382 g/mol. The van der Waals surface area contributed by atoms with Crippen LogP contribution in [0, 0.1) is 0 Å². The molecule has 6 nitrogen and oxygen atoms in total. The Labute approximate surface area is 172 Å². The van der Waals surface area contributed by atoms with E-state index in [1.807, 2.05) is 49.5 Å². The zero-order valence-corrected chi connectivity index (χ0v) is 16.6. The number of fused-ring (bicyclic) bond motifs is 1. The Morgan fingerprint density at radius 1 is 0.931 bits per heavy atom. The van der Waals surface area contributed by atoms with Gasteiger partial charge in [0.25, 0.3) is 5.91 Å². The molecule has 0 atom stereocenters. The predicted molar refractivity (Wildman–Crippen MR) is 117 cm³/mol. The lowest BCUT2D eigenvalue weighted by Gasteiger charge is -2.10. The van der Waals surface area contributed by atoms with Crippen LogP contribution in [0.2, 0.25) is 0 Å². The fourth-order valence-corrected chi connectivity index (χ4v) is 3.80. The number of anilines is 2. The summed E-state index contributed by atoms with van der Waals surface area (Å²) in [5.74, 6) is 1.78. The average Bonchev–Trinajstić information content (AvgIpc) is 2.78. The molecule has 4 rings (SSSR count). The summed E-state index contributed by atoms with van der Waals surface area (Å²) in [7, 11) is 1.83. The molecule has 0 bridgehead atoms. The quantitative estimate of drug-likeness (QED) is 0.459.